The van der Waals surface area contributed by atoms with Gasteiger partial charge in [-0.2, -0.15) is 8.78 Å². The molecule has 0 atom stereocenters. The fourth-order valence-electron chi connectivity index (χ4n) is 4.22. The van der Waals surface area contributed by atoms with Crippen molar-refractivity contribution in [1.29, 1.82) is 0 Å². The van der Waals surface area contributed by atoms with Gasteiger partial charge in [-0.25, -0.2) is 12.8 Å². The molecule has 0 aliphatic carbocycles. The predicted molar refractivity (Wildman–Crippen MR) is 135 cm³/mol. The van der Waals surface area contributed by atoms with E-state index < -0.39 is 33.8 Å². The van der Waals surface area contributed by atoms with Crippen LogP contribution in [-0.4, -0.2) is 31.8 Å². The summed E-state index contributed by atoms with van der Waals surface area (Å²) in [5.41, 5.74) is 7.07. The lowest BCUT2D eigenvalue weighted by molar-refractivity contribution is -0.0499. The van der Waals surface area contributed by atoms with Crippen LogP contribution in [0.4, 0.5) is 18.9 Å². The summed E-state index contributed by atoms with van der Waals surface area (Å²) >= 11 is 0. The van der Waals surface area contributed by atoms with Gasteiger partial charge >= 0.3 is 6.61 Å². The van der Waals surface area contributed by atoms with Crippen molar-refractivity contribution in [2.75, 3.05) is 11.0 Å². The van der Waals surface area contributed by atoms with E-state index in [0.29, 0.717) is 22.0 Å². The molecule has 3 aromatic carbocycles. The van der Waals surface area contributed by atoms with Gasteiger partial charge in [-0.15, -0.1) is 0 Å². The number of hydrogen-bond acceptors (Lipinski definition) is 4. The first kappa shape index (κ1) is 26.1. The van der Waals surface area contributed by atoms with Crippen molar-refractivity contribution in [1.82, 2.24) is 4.57 Å². The minimum Gasteiger partial charge on any atom is -0.435 e. The molecule has 0 saturated heterocycles. The summed E-state index contributed by atoms with van der Waals surface area (Å²) in [6, 6.07) is 16.4. The van der Waals surface area contributed by atoms with E-state index in [-0.39, 0.29) is 22.8 Å². The van der Waals surface area contributed by atoms with Crippen LogP contribution in [0, 0.1) is 5.82 Å². The molecule has 3 N–H and O–H groups in total. The molecule has 0 aliphatic rings. The maximum absolute atomic E-state index is 13.5. The first-order valence-electron chi connectivity index (χ1n) is 11.0. The zero-order valence-electron chi connectivity index (χ0n) is 20.1. The zero-order valence-corrected chi connectivity index (χ0v) is 20.9. The number of carbonyl (C=O) groups is 1. The second-order valence-corrected chi connectivity index (χ2v) is 10.9. The molecule has 1 heterocycles. The Bertz CT molecular complexity index is 1600. The highest BCUT2D eigenvalue weighted by atomic mass is 32.2. The summed E-state index contributed by atoms with van der Waals surface area (Å²) in [6.07, 6.45) is 1.00. The van der Waals surface area contributed by atoms with Crippen molar-refractivity contribution in [3.8, 4) is 11.4 Å². The number of amides is 1. The lowest BCUT2D eigenvalue weighted by Crippen LogP contribution is -2.21. The third-order valence-corrected chi connectivity index (χ3v) is 6.63. The fourth-order valence-corrected chi connectivity index (χ4v) is 4.77. The van der Waals surface area contributed by atoms with Crippen LogP contribution >= 0.6 is 0 Å². The molecule has 0 fully saturated rings. The number of rotatable bonds is 8. The molecule has 194 valence electrons. The largest absolute Gasteiger partial charge is 0.435 e. The maximum atomic E-state index is 13.5. The molecule has 0 radical (unpaired) electrons. The third kappa shape index (κ3) is 5.56. The summed E-state index contributed by atoms with van der Waals surface area (Å²) < 4.78 is 72.1. The molecule has 0 saturated carbocycles. The average molecular weight is 532 g/mol. The molecule has 1 amide bonds. The number of nitrogens with one attached hydrogen (secondary N) is 1. The van der Waals surface area contributed by atoms with E-state index in [1.54, 1.807) is 24.3 Å². The highest BCUT2D eigenvalue weighted by Gasteiger charge is 2.26. The highest BCUT2D eigenvalue weighted by Crippen LogP contribution is 2.37. The highest BCUT2D eigenvalue weighted by molar-refractivity contribution is 7.92. The van der Waals surface area contributed by atoms with Gasteiger partial charge in [0.05, 0.1) is 23.1 Å². The molecule has 0 unspecified atom stereocenters. The Labute approximate surface area is 211 Å². The molecule has 4 aromatic rings. The number of hydrogen-bond donors (Lipinski definition) is 2. The fraction of sp³-hybridized carbons (Fsp3) is 0.192. The Hall–Kier alpha value is -3.99. The van der Waals surface area contributed by atoms with Crippen LogP contribution < -0.4 is 15.2 Å². The van der Waals surface area contributed by atoms with Crippen LogP contribution in [0.15, 0.2) is 66.7 Å². The standard InChI is InChI=1S/C26H24F3N3O4S/c1-26(2,16-5-7-18(27)8-6-16)17-11-20(14-21(12-17)36-25(28)29)32-22-13-19(31-37(3,34)35)9-4-15(22)10-23(32)24(30)33/h4-14,25,31H,1-3H3,(H2,30,33). The zero-order chi connectivity index (χ0) is 27.1. The molecular weight excluding hydrogens is 507 g/mol. The number of primary amides is 1. The van der Waals surface area contributed by atoms with Crippen molar-refractivity contribution in [3.63, 3.8) is 0 Å². The minimum absolute atomic E-state index is 0.0474. The topological polar surface area (TPSA) is 103 Å². The van der Waals surface area contributed by atoms with E-state index in [2.05, 4.69) is 4.72 Å². The SMILES string of the molecule is CC(C)(c1ccc(F)cc1)c1cc(OC(F)F)cc(-n2c(C(N)=O)cc3ccc(NS(C)(=O)=O)cc32)c1. The molecule has 7 nitrogen and oxygen atoms in total. The second kappa shape index (κ2) is 9.47. The van der Waals surface area contributed by atoms with Gasteiger partial charge in [0.1, 0.15) is 17.3 Å². The Kier molecular flexibility index (Phi) is 6.68. The lowest BCUT2D eigenvalue weighted by atomic mass is 9.78. The van der Waals surface area contributed by atoms with E-state index in [4.69, 9.17) is 10.5 Å². The quantitative estimate of drug-likeness (QED) is 0.328. The summed E-state index contributed by atoms with van der Waals surface area (Å²) in [6.45, 7) is 0.560. The molecule has 37 heavy (non-hydrogen) atoms. The number of sulfonamides is 1. The number of benzene rings is 3. The number of aromatic nitrogens is 1. The van der Waals surface area contributed by atoms with Crippen LogP contribution in [0.3, 0.4) is 0 Å². The first-order chi connectivity index (χ1) is 17.2. The number of anilines is 1. The number of nitrogens with two attached hydrogens (primary N) is 1. The monoisotopic (exact) mass is 531 g/mol. The van der Waals surface area contributed by atoms with Gasteiger partial charge < -0.3 is 15.0 Å². The van der Waals surface area contributed by atoms with Gasteiger partial charge in [0.15, 0.2) is 0 Å². The van der Waals surface area contributed by atoms with Crippen molar-refractivity contribution in [3.05, 3.63) is 89.4 Å². The molecule has 11 heteroatoms. The van der Waals surface area contributed by atoms with Crippen molar-refractivity contribution >= 4 is 32.5 Å². The Morgan fingerprint density at radius 1 is 1.00 bits per heavy atom. The van der Waals surface area contributed by atoms with Crippen molar-refractivity contribution < 1.29 is 31.1 Å². The lowest BCUT2D eigenvalue weighted by Gasteiger charge is -2.27. The van der Waals surface area contributed by atoms with Gasteiger partial charge in [0, 0.05) is 16.9 Å². The number of halogens is 3. The Balaban J connectivity index is 1.98. The number of ether oxygens (including phenoxy) is 1. The Morgan fingerprint density at radius 2 is 1.68 bits per heavy atom. The van der Waals surface area contributed by atoms with Gasteiger partial charge in [-0.1, -0.05) is 32.0 Å². The minimum atomic E-state index is -3.59. The van der Waals surface area contributed by atoms with Gasteiger partial charge in [-0.3, -0.25) is 9.52 Å². The van der Waals surface area contributed by atoms with E-state index in [9.17, 15) is 26.4 Å². The smallest absolute Gasteiger partial charge is 0.387 e. The van der Waals surface area contributed by atoms with Gasteiger partial charge in [0.25, 0.3) is 5.91 Å². The van der Waals surface area contributed by atoms with Gasteiger partial charge in [0.2, 0.25) is 10.0 Å². The van der Waals surface area contributed by atoms with Crippen LogP contribution in [0.25, 0.3) is 16.6 Å². The van der Waals surface area contributed by atoms with Crippen LogP contribution in [0.5, 0.6) is 5.75 Å². The summed E-state index contributed by atoms with van der Waals surface area (Å²) in [4.78, 5) is 12.4. The first-order valence-corrected chi connectivity index (χ1v) is 12.9. The molecule has 0 spiro atoms. The summed E-state index contributed by atoms with van der Waals surface area (Å²) in [5, 5.41) is 0.562. The Morgan fingerprint density at radius 3 is 2.27 bits per heavy atom. The number of fused-ring (bicyclic) bond motifs is 1. The van der Waals surface area contributed by atoms with Crippen molar-refractivity contribution in [2.24, 2.45) is 5.73 Å². The van der Waals surface area contributed by atoms with E-state index in [0.717, 1.165) is 6.26 Å². The van der Waals surface area contributed by atoms with Crippen molar-refractivity contribution in [2.45, 2.75) is 25.9 Å². The molecule has 4 rings (SSSR count). The van der Waals surface area contributed by atoms with E-state index in [1.165, 1.54) is 47.0 Å². The van der Waals surface area contributed by atoms with Crippen LogP contribution in [0.1, 0.15) is 35.5 Å². The number of carbonyl (C=O) groups excluding carboxylic acids is 1. The predicted octanol–water partition coefficient (Wildman–Crippen LogP) is 5.17. The second-order valence-electron chi connectivity index (χ2n) is 9.10. The van der Waals surface area contributed by atoms with Crippen LogP contribution in [0.2, 0.25) is 0 Å². The normalized spacial score (nSPS) is 12.2. The molecule has 1 aromatic heterocycles. The summed E-state index contributed by atoms with van der Waals surface area (Å²) in [5.74, 6) is -1.37. The third-order valence-electron chi connectivity index (χ3n) is 6.02. The molecule has 0 aliphatic heterocycles. The number of nitrogens with zero attached hydrogens (tertiary/aromatic N) is 1. The van der Waals surface area contributed by atoms with Crippen LogP contribution in [-0.2, 0) is 15.4 Å². The molecule has 0 bridgehead atoms. The van der Waals surface area contributed by atoms with E-state index in [1.807, 2.05) is 13.8 Å². The molecular formula is C26H24F3N3O4S. The summed E-state index contributed by atoms with van der Waals surface area (Å²) in [7, 11) is -3.59. The number of alkyl halides is 2. The van der Waals surface area contributed by atoms with Gasteiger partial charge in [-0.05, 0) is 53.6 Å². The van der Waals surface area contributed by atoms with E-state index >= 15 is 0 Å². The average Bonchev–Trinajstić information content (AvgIpc) is 3.17. The maximum Gasteiger partial charge on any atom is 0.387 e.